The van der Waals surface area contributed by atoms with Crippen molar-refractivity contribution in [2.45, 2.75) is 0 Å². The number of hydrogen-bond donors (Lipinski definition) is 0. The summed E-state index contributed by atoms with van der Waals surface area (Å²) in [5, 5.41) is 60.2. The van der Waals surface area contributed by atoms with Gasteiger partial charge in [-0.2, -0.15) is 0 Å². The van der Waals surface area contributed by atoms with Crippen LogP contribution in [0.2, 0.25) is 0 Å². The van der Waals surface area contributed by atoms with Gasteiger partial charge in [0.25, 0.3) is 0 Å². The van der Waals surface area contributed by atoms with E-state index in [2.05, 4.69) is 29.9 Å². The molecule has 26 nitrogen and oxygen atoms in total. The van der Waals surface area contributed by atoms with Crippen LogP contribution in [-0.2, 0) is 32.9 Å². The van der Waals surface area contributed by atoms with E-state index >= 15 is 0 Å². The molecule has 6 aromatic heterocycles. The Balaban J connectivity index is -0.0000000750. The zero-order valence-electron chi connectivity index (χ0n) is 34.9. The van der Waals surface area contributed by atoms with Crippen molar-refractivity contribution in [2.24, 2.45) is 0 Å². The normalized spacial score (nSPS) is 7.97. The first kappa shape index (κ1) is 86.5. The second-order valence-electron chi connectivity index (χ2n) is 10.1. The third-order valence-corrected chi connectivity index (χ3v) is 5.64. The maximum Gasteiger partial charge on any atom is 3.00 e. The van der Waals surface area contributed by atoms with Crippen molar-refractivity contribution in [3.63, 3.8) is 0 Å². The number of halogens is 6. The van der Waals surface area contributed by atoms with Gasteiger partial charge in [-0.05, 0) is 36.4 Å². The Kier molecular flexibility index (Phi) is 57.0. The molecule has 0 aliphatic carbocycles. The van der Waals surface area contributed by atoms with Crippen molar-refractivity contribution in [1.29, 1.82) is 0 Å². The average Bonchev–Trinajstić information content (AvgIpc) is 3.19. The van der Waals surface area contributed by atoms with Gasteiger partial charge in [-0.15, -0.1) is 0 Å². The molecule has 0 saturated carbocycles. The van der Waals surface area contributed by atoms with Crippen LogP contribution < -0.4 is 30.6 Å². The number of carboxylic acids is 6. The molecule has 0 spiro atoms. The molecular formula is C36H40F6La2N6O20+6. The van der Waals surface area contributed by atoms with Gasteiger partial charge in [0.15, 0.2) is 0 Å². The Bertz CT molecular complexity index is 2030. The summed E-state index contributed by atoms with van der Waals surface area (Å²) < 4.78 is 73.0. The number of carbonyl (C=O) groups is 6. The summed E-state index contributed by atoms with van der Waals surface area (Å²) in [5.41, 5.74) is -1.50. The second-order valence-corrected chi connectivity index (χ2v) is 10.1. The molecule has 22 N–H and O–H groups in total. The van der Waals surface area contributed by atoms with Crippen molar-refractivity contribution in [3.05, 3.63) is 179 Å². The molecular weight excluding hydrogens is 1230 g/mol. The van der Waals surface area contributed by atoms with Gasteiger partial charge in [-0.3, -0.25) is 29.9 Å². The minimum atomic E-state index is -1.42. The van der Waals surface area contributed by atoms with Gasteiger partial charge in [-0.1, -0.05) is 0 Å². The molecule has 0 saturated heterocycles. The van der Waals surface area contributed by atoms with Crippen molar-refractivity contribution < 1.29 is 201 Å². The minimum absolute atomic E-state index is 0. The van der Waals surface area contributed by atoms with E-state index < -0.39 is 70.7 Å². The SMILES string of the molecule is O.O.O=C([O-])c1cncc(F)c1.O=C([O-])c1cncc(F)c1.O=C([O-])c1cncc(F)c1.O=C([O-])c1cncc(F)c1.O=C([O-])c1cncc(F)c1.O=C([O-])c1cncc(F)c1.[La+3].[La+3].[OH3+].[OH3+].[OH3+].[OH3+].[OH3+].[OH3+]. The van der Waals surface area contributed by atoms with Gasteiger partial charge in [0.2, 0.25) is 0 Å². The quantitative estimate of drug-likeness (QED) is 0.110. The fourth-order valence-electron chi connectivity index (χ4n) is 3.14. The van der Waals surface area contributed by atoms with Gasteiger partial charge in [0, 0.05) is 70.6 Å². The zero-order chi connectivity index (χ0) is 45.4. The number of aromatic nitrogens is 6. The first-order valence-corrected chi connectivity index (χ1v) is 15.1. The smallest absolute Gasteiger partial charge is 0.545 e. The van der Waals surface area contributed by atoms with Crippen LogP contribution in [0.5, 0.6) is 0 Å². The van der Waals surface area contributed by atoms with Crippen molar-refractivity contribution in [2.75, 3.05) is 0 Å². The number of rotatable bonds is 6. The van der Waals surface area contributed by atoms with Gasteiger partial charge in [-0.25, -0.2) is 26.3 Å². The molecule has 0 unspecified atom stereocenters. The Morgan fingerprint density at radius 3 is 0.429 bits per heavy atom. The number of carbonyl (C=O) groups excluding carboxylic acids is 6. The monoisotopic (exact) mass is 1270 g/mol. The Morgan fingerprint density at radius 1 is 0.271 bits per heavy atom. The van der Waals surface area contributed by atoms with Gasteiger partial charge >= 0.3 is 71.2 Å². The summed E-state index contributed by atoms with van der Waals surface area (Å²) >= 11 is 0. The van der Waals surface area contributed by atoms with E-state index in [4.69, 9.17) is 0 Å². The van der Waals surface area contributed by atoms with Gasteiger partial charge in [0.05, 0.1) is 73.0 Å². The van der Waals surface area contributed by atoms with E-state index in [0.717, 1.165) is 111 Å². The molecule has 0 atom stereocenters. The van der Waals surface area contributed by atoms with E-state index in [1.807, 2.05) is 0 Å². The molecule has 6 aromatic rings. The summed E-state index contributed by atoms with van der Waals surface area (Å²) in [4.78, 5) is 80.1. The standard InChI is InChI=1S/6C6H4FNO2.2La.8H2O/c6*7-5-1-4(6(9)10)2-8-3-5;;;;;;;;;;/h6*1-3H,(H,9,10);;;8*1H2/q;;;;;;2*+3;;;;;;;;. The maximum atomic E-state index is 12.2. The van der Waals surface area contributed by atoms with E-state index in [-0.39, 0.29) is 148 Å². The van der Waals surface area contributed by atoms with E-state index in [0.29, 0.717) is 0 Å². The minimum Gasteiger partial charge on any atom is -0.545 e. The van der Waals surface area contributed by atoms with Crippen LogP contribution in [0.15, 0.2) is 111 Å². The number of hydrogen-bond acceptors (Lipinski definition) is 18. The average molecular weight is 1270 g/mol. The predicted octanol–water partition coefficient (Wildman–Crippen LogP) is -9.68. The molecule has 0 fully saturated rings. The van der Waals surface area contributed by atoms with Crippen LogP contribution in [0.3, 0.4) is 0 Å². The first-order valence-electron chi connectivity index (χ1n) is 15.1. The second kappa shape index (κ2) is 46.1. The predicted molar refractivity (Wildman–Crippen MR) is 208 cm³/mol. The van der Waals surface area contributed by atoms with E-state index in [1.54, 1.807) is 0 Å². The molecule has 0 aromatic carbocycles. The molecule has 0 aliphatic rings. The summed E-state index contributed by atoms with van der Waals surface area (Å²) in [6.07, 6.45) is 11.7. The fourth-order valence-corrected chi connectivity index (χ4v) is 3.14. The first-order chi connectivity index (χ1) is 28.2. The van der Waals surface area contributed by atoms with Crippen molar-refractivity contribution in [3.8, 4) is 0 Å². The molecule has 6 heterocycles. The Hall–Kier alpha value is -6.63. The molecule has 0 amide bonds. The number of aromatic carboxylic acids is 6. The molecule has 376 valence electrons. The van der Waals surface area contributed by atoms with E-state index in [1.165, 1.54) is 0 Å². The zero-order valence-corrected chi connectivity index (χ0v) is 42.1. The summed E-state index contributed by atoms with van der Waals surface area (Å²) in [6.45, 7) is 0. The molecule has 0 bridgehead atoms. The van der Waals surface area contributed by atoms with Crippen molar-refractivity contribution >= 4 is 35.8 Å². The third kappa shape index (κ3) is 37.4. The van der Waals surface area contributed by atoms with Gasteiger partial charge < -0.3 is 103 Å². The topological polar surface area (TPSA) is 579 Å². The van der Waals surface area contributed by atoms with Crippen LogP contribution in [0, 0.1) is 106 Å². The molecule has 70 heavy (non-hydrogen) atoms. The van der Waals surface area contributed by atoms with Crippen LogP contribution in [0.25, 0.3) is 0 Å². The number of carboxylic acid groups (broad SMARTS) is 6. The van der Waals surface area contributed by atoms with Crippen molar-refractivity contribution in [1.82, 2.24) is 29.9 Å². The summed E-state index contributed by atoms with van der Waals surface area (Å²) in [7, 11) is 0. The third-order valence-electron chi connectivity index (χ3n) is 5.64. The van der Waals surface area contributed by atoms with Crippen LogP contribution >= 0.6 is 0 Å². The summed E-state index contributed by atoms with van der Waals surface area (Å²) in [5.74, 6) is -12.6. The van der Waals surface area contributed by atoms with Crippen LogP contribution in [-0.4, -0.2) is 76.7 Å². The molecule has 0 radical (unpaired) electrons. The maximum absolute atomic E-state index is 12.2. The number of nitrogens with zero attached hydrogens (tertiary/aromatic N) is 6. The largest absolute Gasteiger partial charge is 3.00 e. The van der Waals surface area contributed by atoms with Crippen LogP contribution in [0.4, 0.5) is 26.3 Å². The fraction of sp³-hybridized carbons (Fsp3) is 0. The van der Waals surface area contributed by atoms with E-state index in [9.17, 15) is 85.7 Å². The Morgan fingerprint density at radius 2 is 0.371 bits per heavy atom. The molecule has 34 heteroatoms. The van der Waals surface area contributed by atoms with Gasteiger partial charge in [0.1, 0.15) is 34.9 Å². The van der Waals surface area contributed by atoms with Crippen LogP contribution in [0.1, 0.15) is 62.1 Å². The number of pyridine rings is 6. The molecule has 6 rings (SSSR count). The Labute approximate surface area is 442 Å². The summed E-state index contributed by atoms with van der Waals surface area (Å²) in [6, 6.07) is 5.10. The molecule has 0 aliphatic heterocycles.